The molecule has 18 heavy (non-hydrogen) atoms. The van der Waals surface area contributed by atoms with E-state index in [0.717, 1.165) is 11.8 Å². The number of aldehydes is 1. The van der Waals surface area contributed by atoms with E-state index >= 15 is 0 Å². The molecule has 0 spiro atoms. The third-order valence-corrected chi connectivity index (χ3v) is 3.67. The number of benzene rings is 1. The number of aromatic nitrogens is 1. The number of pyridine rings is 1. The second kappa shape index (κ2) is 4.70. The summed E-state index contributed by atoms with van der Waals surface area (Å²) < 4.78 is 22.7. The number of carbonyl (C=O) groups excluding carboxylic acids is 1. The molecular weight excluding hydrogens is 250 g/mol. The van der Waals surface area contributed by atoms with Crippen LogP contribution >= 0.6 is 0 Å². The number of rotatable bonds is 3. The van der Waals surface area contributed by atoms with Gasteiger partial charge in [0.1, 0.15) is 5.69 Å². The van der Waals surface area contributed by atoms with E-state index in [-0.39, 0.29) is 4.90 Å². The van der Waals surface area contributed by atoms with Crippen LogP contribution in [0.3, 0.4) is 0 Å². The molecule has 0 amide bonds. The van der Waals surface area contributed by atoms with Crippen LogP contribution in [0.5, 0.6) is 0 Å². The van der Waals surface area contributed by atoms with Crippen molar-refractivity contribution in [3.8, 4) is 11.1 Å². The van der Waals surface area contributed by atoms with Gasteiger partial charge in [0, 0.05) is 18.0 Å². The highest BCUT2D eigenvalue weighted by Gasteiger charge is 2.09. The first-order valence-electron chi connectivity index (χ1n) is 5.23. The molecule has 5 heteroatoms. The van der Waals surface area contributed by atoms with Crippen molar-refractivity contribution in [3.63, 3.8) is 0 Å². The molecule has 92 valence electrons. The van der Waals surface area contributed by atoms with Gasteiger partial charge in [-0.3, -0.25) is 9.78 Å². The average Bonchev–Trinajstić information content (AvgIpc) is 2.38. The third kappa shape index (κ3) is 2.46. The van der Waals surface area contributed by atoms with Gasteiger partial charge in [0.2, 0.25) is 0 Å². The fraction of sp³-hybridized carbons (Fsp3) is 0.0769. The Morgan fingerprint density at radius 1 is 1.11 bits per heavy atom. The number of hydrogen-bond donors (Lipinski definition) is 0. The van der Waals surface area contributed by atoms with E-state index in [1.165, 1.54) is 18.3 Å². The van der Waals surface area contributed by atoms with Gasteiger partial charge < -0.3 is 0 Å². The Bertz CT molecular complexity index is 676. The Hall–Kier alpha value is -2.01. The van der Waals surface area contributed by atoms with Crippen LogP contribution in [0.1, 0.15) is 10.5 Å². The van der Waals surface area contributed by atoms with Crippen molar-refractivity contribution in [1.29, 1.82) is 0 Å². The highest BCUT2D eigenvalue weighted by molar-refractivity contribution is 7.90. The molecule has 0 aliphatic rings. The minimum absolute atomic E-state index is 0.253. The number of nitrogens with zero attached hydrogens (tertiary/aromatic N) is 1. The molecule has 0 fully saturated rings. The Labute approximate surface area is 105 Å². The first-order valence-corrected chi connectivity index (χ1v) is 7.12. The maximum Gasteiger partial charge on any atom is 0.175 e. The zero-order chi connectivity index (χ0) is 13.2. The predicted octanol–water partition coefficient (Wildman–Crippen LogP) is 1.96. The van der Waals surface area contributed by atoms with Crippen molar-refractivity contribution in [2.24, 2.45) is 0 Å². The molecule has 0 unspecified atom stereocenters. The fourth-order valence-electron chi connectivity index (χ4n) is 1.64. The van der Waals surface area contributed by atoms with Crippen LogP contribution in [0.4, 0.5) is 0 Å². The van der Waals surface area contributed by atoms with Crippen LogP contribution in [0.25, 0.3) is 11.1 Å². The molecule has 1 aromatic carbocycles. The Kier molecular flexibility index (Phi) is 3.25. The summed E-state index contributed by atoms with van der Waals surface area (Å²) in [5.41, 5.74) is 1.79. The van der Waals surface area contributed by atoms with Crippen molar-refractivity contribution in [1.82, 2.24) is 4.98 Å². The minimum atomic E-state index is -3.20. The predicted molar refractivity (Wildman–Crippen MR) is 68.2 cm³/mol. The molecular formula is C13H11NO3S. The standard InChI is InChI=1S/C13H11NO3S/c1-18(16,17)11-6-4-10(5-7-11)12-3-2-8-14-13(12)9-15/h2-9H,1H3. The average molecular weight is 261 g/mol. The lowest BCUT2D eigenvalue weighted by Crippen LogP contribution is -1.97. The van der Waals surface area contributed by atoms with E-state index in [9.17, 15) is 13.2 Å². The molecule has 0 aliphatic carbocycles. The van der Waals surface area contributed by atoms with Crippen molar-refractivity contribution >= 4 is 16.1 Å². The normalized spacial score (nSPS) is 11.2. The number of hydrogen-bond acceptors (Lipinski definition) is 4. The van der Waals surface area contributed by atoms with Gasteiger partial charge in [-0.05, 0) is 23.8 Å². The molecule has 2 rings (SSSR count). The van der Waals surface area contributed by atoms with Gasteiger partial charge in [0.05, 0.1) is 4.90 Å². The lowest BCUT2D eigenvalue weighted by atomic mass is 10.0. The van der Waals surface area contributed by atoms with Gasteiger partial charge in [-0.1, -0.05) is 18.2 Å². The fourth-order valence-corrected chi connectivity index (χ4v) is 2.27. The van der Waals surface area contributed by atoms with Crippen LogP contribution in [-0.2, 0) is 9.84 Å². The summed E-state index contributed by atoms with van der Waals surface area (Å²) >= 11 is 0. The Morgan fingerprint density at radius 2 is 1.78 bits per heavy atom. The molecule has 1 heterocycles. The van der Waals surface area contributed by atoms with Crippen LogP contribution in [0, 0.1) is 0 Å². The van der Waals surface area contributed by atoms with E-state index in [4.69, 9.17) is 0 Å². The molecule has 2 aromatic rings. The monoisotopic (exact) mass is 261 g/mol. The van der Waals surface area contributed by atoms with Gasteiger partial charge >= 0.3 is 0 Å². The van der Waals surface area contributed by atoms with E-state index in [0.29, 0.717) is 17.5 Å². The first-order chi connectivity index (χ1) is 8.52. The molecule has 0 saturated carbocycles. The van der Waals surface area contributed by atoms with E-state index in [1.54, 1.807) is 24.3 Å². The van der Waals surface area contributed by atoms with Crippen LogP contribution in [-0.4, -0.2) is 25.9 Å². The molecule has 0 radical (unpaired) electrons. The quantitative estimate of drug-likeness (QED) is 0.792. The highest BCUT2D eigenvalue weighted by Crippen LogP contribution is 2.22. The molecule has 4 nitrogen and oxygen atoms in total. The lowest BCUT2D eigenvalue weighted by Gasteiger charge is -2.05. The summed E-state index contributed by atoms with van der Waals surface area (Å²) in [7, 11) is -3.20. The summed E-state index contributed by atoms with van der Waals surface area (Å²) in [6.45, 7) is 0. The van der Waals surface area contributed by atoms with E-state index < -0.39 is 9.84 Å². The smallest absolute Gasteiger partial charge is 0.175 e. The zero-order valence-corrected chi connectivity index (χ0v) is 10.5. The van der Waals surface area contributed by atoms with Crippen molar-refractivity contribution in [2.75, 3.05) is 6.26 Å². The topological polar surface area (TPSA) is 64.1 Å². The van der Waals surface area contributed by atoms with Gasteiger partial charge in [0.15, 0.2) is 16.1 Å². The maximum atomic E-state index is 11.3. The molecule has 0 N–H and O–H groups in total. The summed E-state index contributed by atoms with van der Waals surface area (Å²) in [6.07, 6.45) is 3.38. The van der Waals surface area contributed by atoms with Gasteiger partial charge in [-0.25, -0.2) is 8.42 Å². The van der Waals surface area contributed by atoms with Crippen LogP contribution in [0.2, 0.25) is 0 Å². The molecule has 0 bridgehead atoms. The second-order valence-corrected chi connectivity index (χ2v) is 5.87. The summed E-state index contributed by atoms with van der Waals surface area (Å²) in [5.74, 6) is 0. The largest absolute Gasteiger partial charge is 0.296 e. The molecule has 0 atom stereocenters. The minimum Gasteiger partial charge on any atom is -0.296 e. The van der Waals surface area contributed by atoms with Crippen molar-refractivity contribution < 1.29 is 13.2 Å². The Balaban J connectivity index is 2.50. The number of sulfone groups is 1. The molecule has 1 aromatic heterocycles. The number of carbonyl (C=O) groups is 1. The highest BCUT2D eigenvalue weighted by atomic mass is 32.2. The van der Waals surface area contributed by atoms with Gasteiger partial charge in [0.25, 0.3) is 0 Å². The SMILES string of the molecule is CS(=O)(=O)c1ccc(-c2cccnc2C=O)cc1. The van der Waals surface area contributed by atoms with Crippen LogP contribution in [0.15, 0.2) is 47.5 Å². The third-order valence-electron chi connectivity index (χ3n) is 2.54. The van der Waals surface area contributed by atoms with Crippen molar-refractivity contribution in [2.45, 2.75) is 4.90 Å². The van der Waals surface area contributed by atoms with E-state index in [2.05, 4.69) is 4.98 Å². The second-order valence-electron chi connectivity index (χ2n) is 3.85. The molecule has 0 aliphatic heterocycles. The maximum absolute atomic E-state index is 11.3. The van der Waals surface area contributed by atoms with Gasteiger partial charge in [-0.2, -0.15) is 0 Å². The van der Waals surface area contributed by atoms with Crippen molar-refractivity contribution in [3.05, 3.63) is 48.3 Å². The summed E-state index contributed by atoms with van der Waals surface area (Å²) in [5, 5.41) is 0. The summed E-state index contributed by atoms with van der Waals surface area (Å²) in [6, 6.07) is 9.87. The first kappa shape index (κ1) is 12.4. The van der Waals surface area contributed by atoms with E-state index in [1.807, 2.05) is 0 Å². The zero-order valence-electron chi connectivity index (χ0n) is 9.70. The van der Waals surface area contributed by atoms with Gasteiger partial charge in [-0.15, -0.1) is 0 Å². The lowest BCUT2D eigenvalue weighted by molar-refractivity contribution is 0.111. The Morgan fingerprint density at radius 3 is 2.33 bits per heavy atom. The van der Waals surface area contributed by atoms with Crippen LogP contribution < -0.4 is 0 Å². The summed E-state index contributed by atoms with van der Waals surface area (Å²) in [4.78, 5) is 15.1. The molecule has 0 saturated heterocycles.